The summed E-state index contributed by atoms with van der Waals surface area (Å²) in [5.74, 6) is 1.70. The SMILES string of the molecule is C=C(CO)C(=O)OCC(CCC1CCC(C2CCC(C(=O)OC3CCC(CCCCC)CC3)CC2)CC1)COC(=O)C(=C)COC. The van der Waals surface area contributed by atoms with Crippen LogP contribution in [0.4, 0.5) is 0 Å². The van der Waals surface area contributed by atoms with Gasteiger partial charge in [0, 0.05) is 13.0 Å². The van der Waals surface area contributed by atoms with Crippen molar-refractivity contribution < 1.29 is 38.4 Å². The van der Waals surface area contributed by atoms with Crippen molar-refractivity contribution in [2.45, 2.75) is 129 Å². The van der Waals surface area contributed by atoms with Crippen LogP contribution in [0, 0.1) is 35.5 Å². The molecule has 1 N–H and O–H groups in total. The monoisotopic (exact) mass is 646 g/mol. The molecule has 0 aromatic rings. The molecule has 0 spiro atoms. The van der Waals surface area contributed by atoms with Crippen molar-refractivity contribution >= 4 is 17.9 Å². The van der Waals surface area contributed by atoms with Crippen LogP contribution in [-0.4, -0.2) is 62.7 Å². The molecule has 3 fully saturated rings. The highest BCUT2D eigenvalue weighted by Crippen LogP contribution is 2.43. The van der Waals surface area contributed by atoms with Crippen molar-refractivity contribution in [3.63, 3.8) is 0 Å². The number of carbonyl (C=O) groups excluding carboxylic acids is 3. The molecule has 3 saturated carbocycles. The highest BCUT2D eigenvalue weighted by atomic mass is 16.6. The van der Waals surface area contributed by atoms with Gasteiger partial charge in [0.2, 0.25) is 0 Å². The Morgan fingerprint density at radius 2 is 1.28 bits per heavy atom. The van der Waals surface area contributed by atoms with E-state index in [0.717, 1.165) is 63.2 Å². The van der Waals surface area contributed by atoms with Gasteiger partial charge in [-0.15, -0.1) is 0 Å². The first-order valence-electron chi connectivity index (χ1n) is 18.2. The number of rotatable bonds is 19. The standard InChI is InChI=1S/C38H62O8/c1-5-6-7-8-29-13-21-35(22-14-29)46-38(42)34-19-17-33(18-20-34)32-15-11-30(12-16-32)9-10-31(25-44-36(40)27(2)23-39)26-45-37(41)28(3)24-43-4/h29-35,39H,2-3,5-26H2,1,4H3. The second-order valence-electron chi connectivity index (χ2n) is 14.4. The van der Waals surface area contributed by atoms with E-state index in [0.29, 0.717) is 11.8 Å². The summed E-state index contributed by atoms with van der Waals surface area (Å²) in [6, 6.07) is 0. The van der Waals surface area contributed by atoms with Gasteiger partial charge in [0.25, 0.3) is 0 Å². The van der Waals surface area contributed by atoms with Crippen LogP contribution in [0.1, 0.15) is 122 Å². The van der Waals surface area contributed by atoms with Gasteiger partial charge < -0.3 is 24.1 Å². The summed E-state index contributed by atoms with van der Waals surface area (Å²) >= 11 is 0. The summed E-state index contributed by atoms with van der Waals surface area (Å²) in [4.78, 5) is 37.3. The summed E-state index contributed by atoms with van der Waals surface area (Å²) in [5, 5.41) is 9.17. The first-order valence-corrected chi connectivity index (χ1v) is 18.2. The van der Waals surface area contributed by atoms with Crippen molar-refractivity contribution in [2.75, 3.05) is 33.5 Å². The lowest BCUT2D eigenvalue weighted by molar-refractivity contribution is -0.157. The summed E-state index contributed by atoms with van der Waals surface area (Å²) in [7, 11) is 1.49. The van der Waals surface area contributed by atoms with Crippen molar-refractivity contribution in [1.82, 2.24) is 0 Å². The fraction of sp³-hybridized carbons (Fsp3) is 0.816. The minimum absolute atomic E-state index is 0.00359. The van der Waals surface area contributed by atoms with Gasteiger partial charge in [0.1, 0.15) is 6.10 Å². The first-order chi connectivity index (χ1) is 22.2. The second kappa shape index (κ2) is 20.9. The molecule has 8 heteroatoms. The number of aliphatic hydroxyl groups is 1. The Morgan fingerprint density at radius 3 is 1.85 bits per heavy atom. The minimum Gasteiger partial charge on any atom is -0.462 e. The van der Waals surface area contributed by atoms with E-state index in [4.69, 9.17) is 24.1 Å². The molecular formula is C38H62O8. The summed E-state index contributed by atoms with van der Waals surface area (Å²) < 4.78 is 21.8. The van der Waals surface area contributed by atoms with Gasteiger partial charge in [-0.05, 0) is 101 Å². The Morgan fingerprint density at radius 1 is 0.739 bits per heavy atom. The summed E-state index contributed by atoms with van der Waals surface area (Å²) in [6.45, 7) is 9.35. The van der Waals surface area contributed by atoms with Gasteiger partial charge in [-0.25, -0.2) is 9.59 Å². The molecule has 8 nitrogen and oxygen atoms in total. The molecular weight excluding hydrogens is 584 g/mol. The van der Waals surface area contributed by atoms with E-state index in [9.17, 15) is 14.4 Å². The average molecular weight is 647 g/mol. The molecule has 262 valence electrons. The number of esters is 3. The molecule has 3 aliphatic carbocycles. The van der Waals surface area contributed by atoms with Crippen LogP contribution in [0.3, 0.4) is 0 Å². The molecule has 0 aliphatic heterocycles. The Hall–Kier alpha value is -2.19. The van der Waals surface area contributed by atoms with E-state index in [-0.39, 0.29) is 54.9 Å². The van der Waals surface area contributed by atoms with Crippen LogP contribution in [0.15, 0.2) is 24.3 Å². The molecule has 1 unspecified atom stereocenters. The van der Waals surface area contributed by atoms with Crippen LogP contribution in [0.2, 0.25) is 0 Å². The molecule has 46 heavy (non-hydrogen) atoms. The molecule has 0 aromatic carbocycles. The predicted octanol–water partition coefficient (Wildman–Crippen LogP) is 7.52. The van der Waals surface area contributed by atoms with E-state index in [1.807, 2.05) is 0 Å². The number of methoxy groups -OCH3 is 1. The predicted molar refractivity (Wildman–Crippen MR) is 179 cm³/mol. The highest BCUT2D eigenvalue weighted by Gasteiger charge is 2.35. The van der Waals surface area contributed by atoms with Crippen molar-refractivity contribution in [2.24, 2.45) is 35.5 Å². The topological polar surface area (TPSA) is 108 Å². The molecule has 0 aromatic heterocycles. The normalized spacial score (nSPS) is 27.3. The molecule has 0 amide bonds. The maximum Gasteiger partial charge on any atom is 0.335 e. The molecule has 0 radical (unpaired) electrons. The van der Waals surface area contributed by atoms with Gasteiger partial charge in [-0.1, -0.05) is 58.6 Å². The first kappa shape index (κ1) is 38.3. The van der Waals surface area contributed by atoms with E-state index >= 15 is 0 Å². The van der Waals surface area contributed by atoms with Gasteiger partial charge in [-0.2, -0.15) is 0 Å². The van der Waals surface area contributed by atoms with Crippen LogP contribution in [-0.2, 0) is 33.3 Å². The van der Waals surface area contributed by atoms with E-state index < -0.39 is 18.5 Å². The largest absolute Gasteiger partial charge is 0.462 e. The third kappa shape index (κ3) is 13.1. The van der Waals surface area contributed by atoms with Crippen LogP contribution in [0.25, 0.3) is 0 Å². The second-order valence-corrected chi connectivity index (χ2v) is 14.4. The number of carbonyl (C=O) groups is 3. The smallest absolute Gasteiger partial charge is 0.335 e. The van der Waals surface area contributed by atoms with Crippen molar-refractivity contribution in [3.05, 3.63) is 24.3 Å². The van der Waals surface area contributed by atoms with Crippen molar-refractivity contribution in [3.8, 4) is 0 Å². The maximum atomic E-state index is 13.0. The summed E-state index contributed by atoms with van der Waals surface area (Å²) in [5.41, 5.74) is 0.246. The van der Waals surface area contributed by atoms with Gasteiger partial charge in [0.15, 0.2) is 0 Å². The van der Waals surface area contributed by atoms with E-state index in [1.54, 1.807) is 0 Å². The Labute approximate surface area is 278 Å². The van der Waals surface area contributed by atoms with Crippen LogP contribution in [0.5, 0.6) is 0 Å². The molecule has 3 aliphatic rings. The average Bonchev–Trinajstić information content (AvgIpc) is 3.08. The van der Waals surface area contributed by atoms with E-state index in [1.165, 1.54) is 71.3 Å². The molecule has 0 heterocycles. The molecule has 1 atom stereocenters. The number of unbranched alkanes of at least 4 members (excludes halogenated alkanes) is 2. The number of ether oxygens (including phenoxy) is 4. The maximum absolute atomic E-state index is 13.0. The number of hydrogen-bond donors (Lipinski definition) is 1. The lowest BCUT2D eigenvalue weighted by Gasteiger charge is -2.38. The molecule has 0 saturated heterocycles. The van der Waals surface area contributed by atoms with Crippen LogP contribution < -0.4 is 0 Å². The zero-order chi connectivity index (χ0) is 33.3. The lowest BCUT2D eigenvalue weighted by Crippen LogP contribution is -2.32. The quantitative estimate of drug-likeness (QED) is 0.0665. The zero-order valence-corrected chi connectivity index (χ0v) is 28.8. The van der Waals surface area contributed by atoms with E-state index in [2.05, 4.69) is 20.1 Å². The van der Waals surface area contributed by atoms with Crippen LogP contribution >= 0.6 is 0 Å². The van der Waals surface area contributed by atoms with Gasteiger partial charge >= 0.3 is 17.9 Å². The fourth-order valence-electron chi connectivity index (χ4n) is 7.83. The lowest BCUT2D eigenvalue weighted by atomic mass is 9.68. The number of hydrogen-bond acceptors (Lipinski definition) is 8. The third-order valence-corrected chi connectivity index (χ3v) is 10.9. The minimum atomic E-state index is -0.633. The van der Waals surface area contributed by atoms with Gasteiger partial charge in [-0.3, -0.25) is 4.79 Å². The van der Waals surface area contributed by atoms with Gasteiger partial charge in [0.05, 0.1) is 43.5 Å². The summed E-state index contributed by atoms with van der Waals surface area (Å²) in [6.07, 6.45) is 20.7. The molecule has 3 rings (SSSR count). The Balaban J connectivity index is 1.35. The number of aliphatic hydroxyl groups excluding tert-OH is 1. The van der Waals surface area contributed by atoms with Crippen molar-refractivity contribution in [1.29, 1.82) is 0 Å². The highest BCUT2D eigenvalue weighted by molar-refractivity contribution is 5.88. The zero-order valence-electron chi connectivity index (χ0n) is 28.8. The Kier molecular flexibility index (Phi) is 17.4. The Bertz CT molecular complexity index is 952. The third-order valence-electron chi connectivity index (χ3n) is 10.9. The fourth-order valence-corrected chi connectivity index (χ4v) is 7.83. The molecule has 0 bridgehead atoms.